The standard InChI is InChI=1S/C27H36N4O5/c1-18-13-20(16-30(2)26(18)32)25-29-22-14-19(9-10-24(22)31(25)11-12-34-3)15-28-23(17-35-4)27(33)36-21-7-5-6-8-21/h9-10,13-14,16,21,23,28H,5-8,11-12,15,17H2,1-4H3. The number of aryl methyl sites for hydroxylation is 2. The molecule has 0 aliphatic heterocycles. The first kappa shape index (κ1) is 26.1. The van der Waals surface area contributed by atoms with Crippen molar-refractivity contribution >= 4 is 17.0 Å². The molecule has 1 aromatic carbocycles. The lowest BCUT2D eigenvalue weighted by Crippen LogP contribution is -2.42. The van der Waals surface area contributed by atoms with Gasteiger partial charge in [0.15, 0.2) is 0 Å². The van der Waals surface area contributed by atoms with Gasteiger partial charge in [0.25, 0.3) is 5.56 Å². The third kappa shape index (κ3) is 5.86. The fourth-order valence-electron chi connectivity index (χ4n) is 4.79. The molecule has 2 heterocycles. The van der Waals surface area contributed by atoms with Gasteiger partial charge in [0.2, 0.25) is 0 Å². The third-order valence-electron chi connectivity index (χ3n) is 6.71. The van der Waals surface area contributed by atoms with Crippen molar-refractivity contribution in [2.75, 3.05) is 27.4 Å². The monoisotopic (exact) mass is 496 g/mol. The number of methoxy groups -OCH3 is 2. The molecule has 1 aliphatic carbocycles. The number of fused-ring (bicyclic) bond motifs is 1. The molecule has 1 atom stereocenters. The molecule has 0 saturated heterocycles. The lowest BCUT2D eigenvalue weighted by atomic mass is 10.2. The molecule has 0 bridgehead atoms. The minimum absolute atomic E-state index is 0.0191. The Labute approximate surface area is 211 Å². The van der Waals surface area contributed by atoms with E-state index in [-0.39, 0.29) is 24.2 Å². The van der Waals surface area contributed by atoms with Crippen LogP contribution in [-0.4, -0.2) is 59.7 Å². The van der Waals surface area contributed by atoms with Gasteiger partial charge in [-0.15, -0.1) is 0 Å². The Morgan fingerprint density at radius 1 is 1.19 bits per heavy atom. The maximum atomic E-state index is 12.7. The number of imidazole rings is 1. The summed E-state index contributed by atoms with van der Waals surface area (Å²) in [4.78, 5) is 29.8. The highest BCUT2D eigenvalue weighted by Crippen LogP contribution is 2.26. The highest BCUT2D eigenvalue weighted by Gasteiger charge is 2.25. The average Bonchev–Trinajstić information content (AvgIpc) is 3.50. The summed E-state index contributed by atoms with van der Waals surface area (Å²) in [6, 6.07) is 7.43. The van der Waals surface area contributed by atoms with E-state index in [9.17, 15) is 9.59 Å². The highest BCUT2D eigenvalue weighted by molar-refractivity contribution is 5.81. The van der Waals surface area contributed by atoms with Crippen LogP contribution in [0.15, 0.2) is 35.3 Å². The smallest absolute Gasteiger partial charge is 0.325 e. The second-order valence-electron chi connectivity index (χ2n) is 9.46. The number of hydrogen-bond acceptors (Lipinski definition) is 7. The molecule has 4 rings (SSSR count). The highest BCUT2D eigenvalue weighted by atomic mass is 16.5. The number of carbonyl (C=O) groups excluding carboxylic acids is 1. The Bertz CT molecular complexity index is 1230. The lowest BCUT2D eigenvalue weighted by Gasteiger charge is -2.19. The molecular formula is C27H36N4O5. The Kier molecular flexibility index (Phi) is 8.56. The number of nitrogens with zero attached hydrogens (tertiary/aromatic N) is 3. The van der Waals surface area contributed by atoms with Crippen molar-refractivity contribution in [3.05, 3.63) is 51.9 Å². The van der Waals surface area contributed by atoms with Crippen molar-refractivity contribution in [1.82, 2.24) is 19.4 Å². The minimum Gasteiger partial charge on any atom is -0.461 e. The summed E-state index contributed by atoms with van der Waals surface area (Å²) >= 11 is 0. The Morgan fingerprint density at radius 3 is 2.67 bits per heavy atom. The molecular weight excluding hydrogens is 460 g/mol. The van der Waals surface area contributed by atoms with Gasteiger partial charge in [-0.25, -0.2) is 4.98 Å². The summed E-state index contributed by atoms with van der Waals surface area (Å²) in [5.41, 5.74) is 4.33. The molecule has 0 amide bonds. The van der Waals surface area contributed by atoms with Crippen LogP contribution in [-0.2, 0) is 39.1 Å². The minimum atomic E-state index is -0.533. The van der Waals surface area contributed by atoms with Gasteiger partial charge in [-0.05, 0) is 56.4 Å². The number of esters is 1. The van der Waals surface area contributed by atoms with Crippen molar-refractivity contribution < 1.29 is 19.0 Å². The van der Waals surface area contributed by atoms with E-state index in [1.165, 1.54) is 0 Å². The number of ether oxygens (including phenoxy) is 3. The third-order valence-corrected chi connectivity index (χ3v) is 6.71. The van der Waals surface area contributed by atoms with Crippen LogP contribution in [0.1, 0.15) is 36.8 Å². The number of pyridine rings is 1. The van der Waals surface area contributed by atoms with Gasteiger partial charge in [-0.1, -0.05) is 6.07 Å². The molecule has 0 radical (unpaired) electrons. The molecule has 0 spiro atoms. The van der Waals surface area contributed by atoms with E-state index in [0.717, 1.165) is 53.7 Å². The first-order valence-electron chi connectivity index (χ1n) is 12.5. The SMILES string of the molecule is COCCn1c(-c2cc(C)c(=O)n(C)c2)nc2cc(CNC(COC)C(=O)OC3CCCC3)ccc21. The van der Waals surface area contributed by atoms with Crippen molar-refractivity contribution in [2.24, 2.45) is 7.05 Å². The number of rotatable bonds is 11. The zero-order chi connectivity index (χ0) is 25.7. The van der Waals surface area contributed by atoms with Crippen LogP contribution in [0, 0.1) is 6.92 Å². The van der Waals surface area contributed by atoms with E-state index in [0.29, 0.717) is 25.3 Å². The molecule has 2 aromatic heterocycles. The average molecular weight is 497 g/mol. The molecule has 1 fully saturated rings. The summed E-state index contributed by atoms with van der Waals surface area (Å²) in [7, 11) is 5.00. The van der Waals surface area contributed by atoms with Gasteiger partial charge in [0, 0.05) is 51.7 Å². The first-order valence-corrected chi connectivity index (χ1v) is 12.5. The molecule has 1 unspecified atom stereocenters. The summed E-state index contributed by atoms with van der Waals surface area (Å²) in [5, 5.41) is 3.29. The van der Waals surface area contributed by atoms with Crippen molar-refractivity contribution in [1.29, 1.82) is 0 Å². The number of aromatic nitrogens is 3. The van der Waals surface area contributed by atoms with Crippen LogP contribution < -0.4 is 10.9 Å². The van der Waals surface area contributed by atoms with Gasteiger partial charge in [-0.3, -0.25) is 14.9 Å². The zero-order valence-corrected chi connectivity index (χ0v) is 21.6. The van der Waals surface area contributed by atoms with Crippen LogP contribution in [0.3, 0.4) is 0 Å². The maximum absolute atomic E-state index is 12.7. The number of hydrogen-bond donors (Lipinski definition) is 1. The van der Waals surface area contributed by atoms with Crippen LogP contribution in [0.25, 0.3) is 22.4 Å². The fourth-order valence-corrected chi connectivity index (χ4v) is 4.79. The van der Waals surface area contributed by atoms with Gasteiger partial charge in [0.05, 0.1) is 24.2 Å². The second-order valence-corrected chi connectivity index (χ2v) is 9.46. The van der Waals surface area contributed by atoms with Gasteiger partial charge in [0.1, 0.15) is 18.0 Å². The molecule has 36 heavy (non-hydrogen) atoms. The Hall–Kier alpha value is -3.01. The normalized spacial score (nSPS) is 15.0. The largest absolute Gasteiger partial charge is 0.461 e. The van der Waals surface area contributed by atoms with Crippen LogP contribution >= 0.6 is 0 Å². The topological polar surface area (TPSA) is 96.6 Å². The van der Waals surface area contributed by atoms with E-state index < -0.39 is 6.04 Å². The second kappa shape index (κ2) is 11.8. The molecule has 3 aromatic rings. The molecule has 9 heteroatoms. The van der Waals surface area contributed by atoms with E-state index in [1.54, 1.807) is 25.8 Å². The molecule has 194 valence electrons. The predicted molar refractivity (Wildman–Crippen MR) is 138 cm³/mol. The quantitative estimate of drug-likeness (QED) is 0.408. The number of nitrogens with one attached hydrogen (secondary N) is 1. The molecule has 9 nitrogen and oxygen atoms in total. The fraction of sp³-hybridized carbons (Fsp3) is 0.519. The molecule has 1 saturated carbocycles. The van der Waals surface area contributed by atoms with E-state index >= 15 is 0 Å². The number of benzene rings is 1. The Morgan fingerprint density at radius 2 is 1.97 bits per heavy atom. The van der Waals surface area contributed by atoms with Crippen molar-refractivity contribution in [3.8, 4) is 11.4 Å². The Balaban J connectivity index is 1.57. The van der Waals surface area contributed by atoms with Gasteiger partial charge < -0.3 is 23.3 Å². The predicted octanol–water partition coefficient (Wildman–Crippen LogP) is 2.95. The zero-order valence-electron chi connectivity index (χ0n) is 21.6. The molecule has 1 aliphatic rings. The van der Waals surface area contributed by atoms with Crippen LogP contribution in [0.5, 0.6) is 0 Å². The summed E-state index contributed by atoms with van der Waals surface area (Å²) < 4.78 is 20.0. The van der Waals surface area contributed by atoms with E-state index in [4.69, 9.17) is 19.2 Å². The number of carbonyl (C=O) groups is 1. The van der Waals surface area contributed by atoms with E-state index in [1.807, 2.05) is 37.4 Å². The maximum Gasteiger partial charge on any atom is 0.325 e. The summed E-state index contributed by atoms with van der Waals surface area (Å²) in [6.07, 6.45) is 5.92. The molecule has 1 N–H and O–H groups in total. The van der Waals surface area contributed by atoms with Crippen molar-refractivity contribution in [3.63, 3.8) is 0 Å². The lowest BCUT2D eigenvalue weighted by molar-refractivity contribution is -0.152. The van der Waals surface area contributed by atoms with Crippen LogP contribution in [0.4, 0.5) is 0 Å². The van der Waals surface area contributed by atoms with E-state index in [2.05, 4.69) is 9.88 Å². The summed E-state index contributed by atoms with van der Waals surface area (Å²) in [5.74, 6) is 0.518. The van der Waals surface area contributed by atoms with Gasteiger partial charge in [-0.2, -0.15) is 0 Å². The van der Waals surface area contributed by atoms with Crippen molar-refractivity contribution in [2.45, 2.75) is 57.8 Å². The van der Waals surface area contributed by atoms with Gasteiger partial charge >= 0.3 is 5.97 Å². The van der Waals surface area contributed by atoms with Crippen LogP contribution in [0.2, 0.25) is 0 Å². The summed E-state index contributed by atoms with van der Waals surface area (Å²) in [6.45, 7) is 3.70. The first-order chi connectivity index (χ1) is 17.4.